The zero-order valence-electron chi connectivity index (χ0n) is 11.3. The number of amides is 1. The summed E-state index contributed by atoms with van der Waals surface area (Å²) in [6.07, 6.45) is 2.27. The lowest BCUT2D eigenvalue weighted by molar-refractivity contribution is -0.119. The van der Waals surface area contributed by atoms with Crippen molar-refractivity contribution in [1.29, 1.82) is 5.26 Å². The maximum absolute atomic E-state index is 11.5. The van der Waals surface area contributed by atoms with Gasteiger partial charge in [-0.1, -0.05) is 13.3 Å². The Hall–Kier alpha value is -1.45. The van der Waals surface area contributed by atoms with Crippen molar-refractivity contribution in [2.45, 2.75) is 40.0 Å². The minimum absolute atomic E-state index is 0.0946. The molecule has 1 aromatic heterocycles. The number of rotatable bonds is 4. The summed E-state index contributed by atoms with van der Waals surface area (Å²) in [6, 6.07) is 2.15. The Morgan fingerprint density at radius 1 is 1.47 bits per heavy atom. The molecule has 0 atom stereocenters. The van der Waals surface area contributed by atoms with Gasteiger partial charge in [-0.05, 0) is 38.0 Å². The molecule has 0 unspecified atom stereocenters. The highest BCUT2D eigenvalue weighted by atomic mass is 32.1. The normalized spacial score (nSPS) is 9.79. The summed E-state index contributed by atoms with van der Waals surface area (Å²) in [5, 5.41) is 15.6. The Bertz CT molecular complexity index is 529. The van der Waals surface area contributed by atoms with Crippen LogP contribution in [-0.4, -0.2) is 11.0 Å². The number of carbonyl (C=O) groups is 1. The number of anilines is 1. The van der Waals surface area contributed by atoms with Crippen LogP contribution in [-0.2, 0) is 4.79 Å². The third-order valence-electron chi connectivity index (χ3n) is 2.73. The van der Waals surface area contributed by atoms with Crippen molar-refractivity contribution in [2.75, 3.05) is 5.32 Å². The van der Waals surface area contributed by atoms with Crippen molar-refractivity contribution in [1.82, 2.24) is 5.32 Å². The van der Waals surface area contributed by atoms with Gasteiger partial charge in [0.05, 0.1) is 5.56 Å². The number of unbranched alkanes of at least 4 members (excludes halogenated alkanes) is 1. The number of hydrogen-bond donors (Lipinski definition) is 2. The van der Waals surface area contributed by atoms with Gasteiger partial charge in [0.15, 0.2) is 5.11 Å². The van der Waals surface area contributed by atoms with E-state index < -0.39 is 0 Å². The molecule has 0 aliphatic carbocycles. The Balaban J connectivity index is 2.65. The van der Waals surface area contributed by atoms with E-state index in [4.69, 9.17) is 17.5 Å². The average Bonchev–Trinajstić information content (AvgIpc) is 2.61. The van der Waals surface area contributed by atoms with Crippen molar-refractivity contribution in [3.05, 3.63) is 16.0 Å². The zero-order valence-corrected chi connectivity index (χ0v) is 12.9. The second kappa shape index (κ2) is 7.22. The van der Waals surface area contributed by atoms with E-state index >= 15 is 0 Å². The molecule has 1 rings (SSSR count). The lowest BCUT2D eigenvalue weighted by Crippen LogP contribution is -2.33. The molecule has 0 aliphatic heterocycles. The van der Waals surface area contributed by atoms with Gasteiger partial charge in [-0.2, -0.15) is 5.26 Å². The second-order valence-corrected chi connectivity index (χ2v) is 5.84. The Labute approximate surface area is 122 Å². The molecule has 1 amide bonds. The molecule has 2 N–H and O–H groups in total. The van der Waals surface area contributed by atoms with Crippen LogP contribution in [0.5, 0.6) is 0 Å². The van der Waals surface area contributed by atoms with Gasteiger partial charge in [-0.3, -0.25) is 4.79 Å². The number of thiocarbonyl (C=S) groups is 1. The summed E-state index contributed by atoms with van der Waals surface area (Å²) in [4.78, 5) is 12.6. The molecule has 0 radical (unpaired) electrons. The molecule has 19 heavy (non-hydrogen) atoms. The van der Waals surface area contributed by atoms with Crippen LogP contribution in [0.1, 0.15) is 42.2 Å². The fraction of sp³-hybridized carbons (Fsp3) is 0.462. The quantitative estimate of drug-likeness (QED) is 0.837. The smallest absolute Gasteiger partial charge is 0.226 e. The predicted molar refractivity (Wildman–Crippen MR) is 82.4 cm³/mol. The maximum Gasteiger partial charge on any atom is 0.226 e. The van der Waals surface area contributed by atoms with Crippen molar-refractivity contribution in [2.24, 2.45) is 0 Å². The van der Waals surface area contributed by atoms with Gasteiger partial charge in [-0.15, -0.1) is 11.3 Å². The summed E-state index contributed by atoms with van der Waals surface area (Å²) < 4.78 is 0. The second-order valence-electron chi connectivity index (χ2n) is 4.21. The van der Waals surface area contributed by atoms with Crippen LogP contribution in [0.2, 0.25) is 0 Å². The van der Waals surface area contributed by atoms with Crippen LogP contribution in [0, 0.1) is 25.2 Å². The van der Waals surface area contributed by atoms with Gasteiger partial charge in [0.25, 0.3) is 0 Å². The Kier molecular flexibility index (Phi) is 5.93. The summed E-state index contributed by atoms with van der Waals surface area (Å²) in [7, 11) is 0. The van der Waals surface area contributed by atoms with Crippen LogP contribution in [0.4, 0.5) is 5.00 Å². The van der Waals surface area contributed by atoms with Crippen LogP contribution < -0.4 is 10.6 Å². The first-order chi connectivity index (χ1) is 8.99. The number of aryl methyl sites for hydroxylation is 1. The SMILES string of the molecule is CCCCC(=O)NC(=S)Nc1sc(C)c(C)c1C#N. The molecule has 4 nitrogen and oxygen atoms in total. The first-order valence-corrected chi connectivity index (χ1v) is 7.33. The first kappa shape index (κ1) is 15.6. The summed E-state index contributed by atoms with van der Waals surface area (Å²) in [5.41, 5.74) is 1.54. The molecule has 0 spiro atoms. The number of nitrogens with one attached hydrogen (secondary N) is 2. The van der Waals surface area contributed by atoms with Gasteiger partial charge in [0, 0.05) is 11.3 Å². The minimum atomic E-state index is -0.0946. The van der Waals surface area contributed by atoms with Crippen molar-refractivity contribution >= 4 is 39.6 Å². The third-order valence-corrected chi connectivity index (χ3v) is 4.06. The van der Waals surface area contributed by atoms with E-state index in [1.165, 1.54) is 11.3 Å². The number of thiophene rings is 1. The summed E-state index contributed by atoms with van der Waals surface area (Å²) in [6.45, 7) is 5.88. The zero-order chi connectivity index (χ0) is 14.4. The Morgan fingerprint density at radius 2 is 2.16 bits per heavy atom. The highest BCUT2D eigenvalue weighted by molar-refractivity contribution is 7.80. The average molecular weight is 295 g/mol. The molecule has 1 aromatic rings. The molecule has 6 heteroatoms. The topological polar surface area (TPSA) is 64.9 Å². The molecule has 1 heterocycles. The number of nitrogens with zero attached hydrogens (tertiary/aromatic N) is 1. The minimum Gasteiger partial charge on any atom is -0.323 e. The molecular weight excluding hydrogens is 278 g/mol. The lowest BCUT2D eigenvalue weighted by atomic mass is 10.2. The molecular formula is C13H17N3OS2. The van der Waals surface area contributed by atoms with Crippen molar-refractivity contribution in [3.63, 3.8) is 0 Å². The fourth-order valence-electron chi connectivity index (χ4n) is 1.51. The molecule has 0 aliphatic rings. The van der Waals surface area contributed by atoms with E-state index in [2.05, 4.69) is 16.7 Å². The number of hydrogen-bond acceptors (Lipinski definition) is 4. The lowest BCUT2D eigenvalue weighted by Gasteiger charge is -2.08. The molecule has 0 saturated heterocycles. The summed E-state index contributed by atoms with van der Waals surface area (Å²) >= 11 is 6.54. The van der Waals surface area contributed by atoms with E-state index in [-0.39, 0.29) is 11.0 Å². The molecule has 0 fully saturated rings. The fourth-order valence-corrected chi connectivity index (χ4v) is 2.81. The van der Waals surface area contributed by atoms with Crippen LogP contribution in [0.25, 0.3) is 0 Å². The molecule has 0 aromatic carbocycles. The van der Waals surface area contributed by atoms with E-state index in [1.54, 1.807) is 0 Å². The largest absolute Gasteiger partial charge is 0.323 e. The first-order valence-electron chi connectivity index (χ1n) is 6.10. The van der Waals surface area contributed by atoms with Gasteiger partial charge < -0.3 is 10.6 Å². The molecule has 0 saturated carbocycles. The highest BCUT2D eigenvalue weighted by Crippen LogP contribution is 2.31. The molecule has 0 bridgehead atoms. The van der Waals surface area contributed by atoms with Gasteiger partial charge in [0.2, 0.25) is 5.91 Å². The standard InChI is InChI=1S/C13H17N3OS2/c1-4-5-6-11(17)15-13(18)16-12-10(7-14)8(2)9(3)19-12/h4-6H2,1-3H3,(H2,15,16,17,18). The van der Waals surface area contributed by atoms with Gasteiger partial charge in [0.1, 0.15) is 11.1 Å². The molecule has 102 valence electrons. The van der Waals surface area contributed by atoms with Crippen molar-refractivity contribution < 1.29 is 4.79 Å². The van der Waals surface area contributed by atoms with Gasteiger partial charge in [-0.25, -0.2) is 0 Å². The summed E-state index contributed by atoms with van der Waals surface area (Å²) in [5.74, 6) is -0.0946. The highest BCUT2D eigenvalue weighted by Gasteiger charge is 2.13. The predicted octanol–water partition coefficient (Wildman–Crippen LogP) is 3.24. The van der Waals surface area contributed by atoms with E-state index in [9.17, 15) is 4.79 Å². The third kappa shape index (κ3) is 4.30. The van der Waals surface area contributed by atoms with Gasteiger partial charge >= 0.3 is 0 Å². The monoisotopic (exact) mass is 295 g/mol. The van der Waals surface area contributed by atoms with Crippen LogP contribution in [0.3, 0.4) is 0 Å². The van der Waals surface area contributed by atoms with Crippen molar-refractivity contribution in [3.8, 4) is 6.07 Å². The number of nitriles is 1. The number of carbonyl (C=O) groups excluding carboxylic acids is 1. The van der Waals surface area contributed by atoms with Crippen LogP contribution in [0.15, 0.2) is 0 Å². The Morgan fingerprint density at radius 3 is 2.74 bits per heavy atom. The van der Waals surface area contributed by atoms with Crippen LogP contribution >= 0.6 is 23.6 Å². The maximum atomic E-state index is 11.5. The van der Waals surface area contributed by atoms with E-state index in [0.717, 1.165) is 23.3 Å². The van der Waals surface area contributed by atoms with E-state index in [0.29, 0.717) is 17.0 Å². The van der Waals surface area contributed by atoms with E-state index in [1.807, 2.05) is 20.8 Å².